The number of fused-ring (bicyclic) bond motifs is 2. The summed E-state index contributed by atoms with van der Waals surface area (Å²) in [5.41, 5.74) is 1.08. The monoisotopic (exact) mass is 253 g/mol. The Bertz CT molecular complexity index is 505. The van der Waals surface area contributed by atoms with E-state index in [-0.39, 0.29) is 10.5 Å². The van der Waals surface area contributed by atoms with E-state index in [1.54, 1.807) is 7.11 Å². The highest BCUT2D eigenvalue weighted by Crippen LogP contribution is 2.37. The van der Waals surface area contributed by atoms with Crippen LogP contribution >= 0.6 is 0 Å². The van der Waals surface area contributed by atoms with Crippen molar-refractivity contribution in [2.24, 2.45) is 0 Å². The smallest absolute Gasteiger partial charge is 0.159 e. The molecule has 0 saturated carbocycles. The molecule has 3 fully saturated rings. The molecule has 92 valence electrons. The van der Waals surface area contributed by atoms with Crippen LogP contribution in [0, 0.1) is 0 Å². The number of methoxy groups -OCH3 is 1. The fraction of sp³-hybridized carbons (Fsp3) is 0.500. The Kier molecular flexibility index (Phi) is 2.33. The van der Waals surface area contributed by atoms with E-state index in [4.69, 9.17) is 4.74 Å². The van der Waals surface area contributed by atoms with Crippen LogP contribution in [0.2, 0.25) is 0 Å². The Morgan fingerprint density at radius 1 is 1.18 bits per heavy atom. The molecule has 2 atom stereocenters. The van der Waals surface area contributed by atoms with E-state index in [0.29, 0.717) is 13.1 Å². The molecule has 0 aliphatic carbocycles. The molecule has 2 unspecified atom stereocenters. The van der Waals surface area contributed by atoms with Crippen LogP contribution in [0.4, 0.5) is 5.69 Å². The van der Waals surface area contributed by atoms with Crippen LogP contribution < -0.4 is 9.64 Å². The molecular weight excluding hydrogens is 238 g/mol. The Balaban J connectivity index is 1.79. The van der Waals surface area contributed by atoms with Crippen molar-refractivity contribution in [3.63, 3.8) is 0 Å². The number of hydrogen-bond acceptors (Lipinski definition) is 4. The van der Waals surface area contributed by atoms with Gasteiger partial charge in [-0.1, -0.05) is 0 Å². The topological polar surface area (TPSA) is 46.6 Å². The predicted molar refractivity (Wildman–Crippen MR) is 66.3 cm³/mol. The molecule has 3 saturated heterocycles. The molecule has 1 aromatic rings. The van der Waals surface area contributed by atoms with Gasteiger partial charge >= 0.3 is 0 Å². The van der Waals surface area contributed by atoms with Crippen molar-refractivity contribution < 1.29 is 13.2 Å². The van der Waals surface area contributed by atoms with E-state index >= 15 is 0 Å². The van der Waals surface area contributed by atoms with Gasteiger partial charge in [-0.25, -0.2) is 8.42 Å². The van der Waals surface area contributed by atoms with Crippen molar-refractivity contribution in [3.05, 3.63) is 24.3 Å². The van der Waals surface area contributed by atoms with Crippen molar-refractivity contribution in [1.29, 1.82) is 0 Å². The van der Waals surface area contributed by atoms with Gasteiger partial charge in [-0.3, -0.25) is 0 Å². The van der Waals surface area contributed by atoms with E-state index in [0.717, 1.165) is 17.9 Å². The van der Waals surface area contributed by atoms with Crippen LogP contribution in [-0.2, 0) is 9.84 Å². The largest absolute Gasteiger partial charge is 0.497 e. The second-order valence-corrected chi connectivity index (χ2v) is 7.18. The molecule has 0 aromatic heterocycles. The molecule has 2 bridgehead atoms. The number of piperidine rings is 1. The van der Waals surface area contributed by atoms with Gasteiger partial charge in [0.05, 0.1) is 17.6 Å². The summed E-state index contributed by atoms with van der Waals surface area (Å²) in [5, 5.41) is -0.299. The molecule has 4 rings (SSSR count). The quantitative estimate of drug-likeness (QED) is 0.791. The van der Waals surface area contributed by atoms with E-state index < -0.39 is 9.84 Å². The van der Waals surface area contributed by atoms with E-state index in [9.17, 15) is 8.42 Å². The van der Waals surface area contributed by atoms with Crippen LogP contribution in [0.1, 0.15) is 6.42 Å². The highest BCUT2D eigenvalue weighted by atomic mass is 32.2. The first kappa shape index (κ1) is 10.9. The van der Waals surface area contributed by atoms with Gasteiger partial charge in [0, 0.05) is 18.8 Å². The highest BCUT2D eigenvalue weighted by molar-refractivity contribution is 7.94. The third-order valence-electron chi connectivity index (χ3n) is 3.74. The second kappa shape index (κ2) is 3.63. The van der Waals surface area contributed by atoms with Crippen LogP contribution in [0.15, 0.2) is 24.3 Å². The maximum absolute atomic E-state index is 11.7. The number of sulfone groups is 1. The van der Waals surface area contributed by atoms with E-state index in [1.165, 1.54) is 0 Å². The molecule has 3 aliphatic rings. The number of benzene rings is 1. The normalized spacial score (nSPS) is 29.6. The summed E-state index contributed by atoms with van der Waals surface area (Å²) in [5.74, 6) is 0.823. The van der Waals surface area contributed by atoms with Crippen LogP contribution in [0.25, 0.3) is 0 Å². The molecule has 3 heterocycles. The SMILES string of the molecule is COc1ccc(N2CC3CC(C2)S3(=O)=O)cc1. The minimum absolute atomic E-state index is 0.150. The zero-order valence-electron chi connectivity index (χ0n) is 9.67. The number of anilines is 1. The van der Waals surface area contributed by atoms with Crippen molar-refractivity contribution in [2.75, 3.05) is 25.1 Å². The highest BCUT2D eigenvalue weighted by Gasteiger charge is 2.51. The van der Waals surface area contributed by atoms with E-state index in [1.807, 2.05) is 24.3 Å². The molecule has 0 spiro atoms. The van der Waals surface area contributed by atoms with Gasteiger partial charge in [0.1, 0.15) is 5.75 Å². The fourth-order valence-electron chi connectivity index (χ4n) is 2.64. The van der Waals surface area contributed by atoms with Crippen LogP contribution in [-0.4, -0.2) is 39.1 Å². The summed E-state index contributed by atoms with van der Waals surface area (Å²) >= 11 is 0. The lowest BCUT2D eigenvalue weighted by Crippen LogP contribution is -2.62. The number of rotatable bonds is 2. The van der Waals surface area contributed by atoms with Crippen LogP contribution in [0.5, 0.6) is 5.75 Å². The molecule has 1 aromatic carbocycles. The first-order chi connectivity index (χ1) is 8.11. The molecule has 3 aliphatic heterocycles. The molecule has 0 N–H and O–H groups in total. The fourth-order valence-corrected chi connectivity index (χ4v) is 4.60. The average molecular weight is 253 g/mol. The average Bonchev–Trinajstić information content (AvgIpc) is 2.39. The molecule has 0 radical (unpaired) electrons. The minimum Gasteiger partial charge on any atom is -0.497 e. The van der Waals surface area contributed by atoms with Gasteiger partial charge in [0.2, 0.25) is 0 Å². The summed E-state index contributed by atoms with van der Waals surface area (Å²) in [7, 11) is -1.15. The van der Waals surface area contributed by atoms with Gasteiger partial charge in [-0.15, -0.1) is 0 Å². The maximum atomic E-state index is 11.7. The molecule has 5 heteroatoms. The van der Waals surface area contributed by atoms with Crippen LogP contribution in [0.3, 0.4) is 0 Å². The summed E-state index contributed by atoms with van der Waals surface area (Å²) < 4.78 is 28.4. The molecule has 0 amide bonds. The van der Waals surface area contributed by atoms with Gasteiger partial charge in [-0.05, 0) is 30.7 Å². The van der Waals surface area contributed by atoms with Gasteiger partial charge in [0.25, 0.3) is 0 Å². The number of hydrogen-bond donors (Lipinski definition) is 0. The van der Waals surface area contributed by atoms with Gasteiger partial charge in [-0.2, -0.15) is 0 Å². The third kappa shape index (κ3) is 1.60. The van der Waals surface area contributed by atoms with Crippen molar-refractivity contribution >= 4 is 15.5 Å². The summed E-state index contributed by atoms with van der Waals surface area (Å²) in [6.45, 7) is 1.26. The molecule has 17 heavy (non-hydrogen) atoms. The number of ether oxygens (including phenoxy) is 1. The summed E-state index contributed by atoms with van der Waals surface area (Å²) in [4.78, 5) is 2.15. The van der Waals surface area contributed by atoms with Crippen molar-refractivity contribution in [3.8, 4) is 5.75 Å². The van der Waals surface area contributed by atoms with E-state index in [2.05, 4.69) is 4.90 Å². The van der Waals surface area contributed by atoms with Gasteiger partial charge in [0.15, 0.2) is 9.84 Å². The zero-order chi connectivity index (χ0) is 12.0. The lowest BCUT2D eigenvalue weighted by atomic mass is 10.1. The standard InChI is InChI=1S/C12H15NO3S/c1-16-10-4-2-9(3-5-10)13-7-11-6-12(8-13)17(11,14)15/h2-5,11-12H,6-8H2,1H3. The molecular formula is C12H15NO3S. The Morgan fingerprint density at radius 3 is 2.24 bits per heavy atom. The maximum Gasteiger partial charge on any atom is 0.159 e. The minimum atomic E-state index is -2.78. The predicted octanol–water partition coefficient (Wildman–Crippen LogP) is 1.07. The second-order valence-electron chi connectivity index (χ2n) is 4.67. The Morgan fingerprint density at radius 2 is 1.76 bits per heavy atom. The summed E-state index contributed by atoms with van der Waals surface area (Å²) in [6.07, 6.45) is 0.842. The van der Waals surface area contributed by atoms with Crippen molar-refractivity contribution in [2.45, 2.75) is 16.9 Å². The first-order valence-corrected chi connectivity index (χ1v) is 7.34. The summed E-state index contributed by atoms with van der Waals surface area (Å²) in [6, 6.07) is 7.78. The zero-order valence-corrected chi connectivity index (χ0v) is 10.5. The number of nitrogens with zero attached hydrogens (tertiary/aromatic N) is 1. The Labute approximate surface area is 101 Å². The lowest BCUT2D eigenvalue weighted by molar-refractivity contribution is 0.414. The Hall–Kier alpha value is -1.23. The van der Waals surface area contributed by atoms with Crippen molar-refractivity contribution in [1.82, 2.24) is 0 Å². The van der Waals surface area contributed by atoms with Gasteiger partial charge < -0.3 is 9.64 Å². The molecule has 4 nitrogen and oxygen atoms in total. The lowest BCUT2D eigenvalue weighted by Gasteiger charge is -2.47. The third-order valence-corrected chi connectivity index (χ3v) is 6.28. The first-order valence-electron chi connectivity index (χ1n) is 5.73.